The summed E-state index contributed by atoms with van der Waals surface area (Å²) in [5.41, 5.74) is 1.65. The molecular weight excluding hydrogens is 306 g/mol. The molecule has 2 N–H and O–H groups in total. The van der Waals surface area contributed by atoms with Crippen molar-refractivity contribution in [1.29, 1.82) is 0 Å². The van der Waals surface area contributed by atoms with Gasteiger partial charge in [0, 0.05) is 32.2 Å². The minimum Gasteiger partial charge on any atom is -0.379 e. The summed E-state index contributed by atoms with van der Waals surface area (Å²) in [7, 11) is 0. The van der Waals surface area contributed by atoms with Crippen LogP contribution >= 0.6 is 0 Å². The largest absolute Gasteiger partial charge is 0.379 e. The van der Waals surface area contributed by atoms with Gasteiger partial charge in [-0.15, -0.1) is 0 Å². The zero-order valence-electron chi connectivity index (χ0n) is 13.9. The molecule has 3 rings (SSSR count). The van der Waals surface area contributed by atoms with Gasteiger partial charge in [-0.25, -0.2) is 0 Å². The number of amides is 1. The first-order chi connectivity index (χ1) is 11.6. The highest BCUT2D eigenvalue weighted by atomic mass is 16.5. The van der Waals surface area contributed by atoms with Crippen LogP contribution in [0.1, 0.15) is 29.7 Å². The Hall–Kier alpha value is -2.18. The first kappa shape index (κ1) is 16.7. The van der Waals surface area contributed by atoms with Gasteiger partial charge in [-0.3, -0.25) is 4.79 Å². The van der Waals surface area contributed by atoms with E-state index in [-0.39, 0.29) is 12.5 Å². The molecule has 0 saturated carbocycles. The van der Waals surface area contributed by atoms with Crippen LogP contribution in [0.3, 0.4) is 0 Å². The fraction of sp³-hybridized carbons (Fsp3) is 0.444. The van der Waals surface area contributed by atoms with Crippen LogP contribution in [0.4, 0.5) is 0 Å². The smallest absolute Gasteiger partial charge is 0.256 e. The van der Waals surface area contributed by atoms with Crippen molar-refractivity contribution in [3.05, 3.63) is 53.4 Å². The summed E-state index contributed by atoms with van der Waals surface area (Å²) in [6, 6.07) is 9.86. The Bertz CT molecular complexity index is 687. The van der Waals surface area contributed by atoms with Gasteiger partial charge in [-0.05, 0) is 25.3 Å². The Morgan fingerprint density at radius 3 is 3.04 bits per heavy atom. The molecule has 1 aromatic carbocycles. The molecule has 128 valence electrons. The number of nitrogens with zero attached hydrogens (tertiary/aromatic N) is 2. The van der Waals surface area contributed by atoms with E-state index < -0.39 is 5.60 Å². The zero-order valence-corrected chi connectivity index (χ0v) is 13.9. The molecular formula is C18H23N3O3. The molecule has 2 aromatic rings. The minimum atomic E-state index is -1.36. The lowest BCUT2D eigenvalue weighted by atomic mass is 9.91. The number of likely N-dealkylation sites (tertiary alicyclic amines) is 1. The van der Waals surface area contributed by atoms with Crippen molar-refractivity contribution in [3.63, 3.8) is 0 Å². The van der Waals surface area contributed by atoms with Gasteiger partial charge >= 0.3 is 0 Å². The highest BCUT2D eigenvalue weighted by Crippen LogP contribution is 2.24. The number of piperidine rings is 1. The van der Waals surface area contributed by atoms with Gasteiger partial charge < -0.3 is 19.8 Å². The van der Waals surface area contributed by atoms with Crippen LogP contribution in [0, 0.1) is 6.92 Å². The van der Waals surface area contributed by atoms with Gasteiger partial charge in [0.1, 0.15) is 6.26 Å². The van der Waals surface area contributed by atoms with E-state index in [1.165, 1.54) is 11.8 Å². The van der Waals surface area contributed by atoms with E-state index in [0.29, 0.717) is 26.1 Å². The summed E-state index contributed by atoms with van der Waals surface area (Å²) in [5.74, 6) is -0.206. The van der Waals surface area contributed by atoms with Crippen molar-refractivity contribution in [3.8, 4) is 0 Å². The molecule has 0 radical (unpaired) electrons. The summed E-state index contributed by atoms with van der Waals surface area (Å²) in [6.07, 6.45) is 2.77. The van der Waals surface area contributed by atoms with Gasteiger partial charge in [0.05, 0.1) is 5.69 Å². The second-order valence-electron chi connectivity index (χ2n) is 6.45. The van der Waals surface area contributed by atoms with E-state index in [9.17, 15) is 9.90 Å². The second-order valence-corrected chi connectivity index (χ2v) is 6.45. The van der Waals surface area contributed by atoms with Crippen LogP contribution < -0.4 is 5.32 Å². The number of nitrogens with one attached hydrogen (secondary N) is 1. The Morgan fingerprint density at radius 1 is 1.42 bits per heavy atom. The van der Waals surface area contributed by atoms with Crippen molar-refractivity contribution in [2.75, 3.05) is 13.1 Å². The van der Waals surface area contributed by atoms with Crippen LogP contribution in [-0.2, 0) is 17.9 Å². The first-order valence-electron chi connectivity index (χ1n) is 8.24. The molecule has 1 fully saturated rings. The zero-order chi connectivity index (χ0) is 17.0. The number of hydrogen-bond acceptors (Lipinski definition) is 5. The summed E-state index contributed by atoms with van der Waals surface area (Å²) < 4.78 is 4.77. The molecule has 6 nitrogen and oxygen atoms in total. The topological polar surface area (TPSA) is 78.6 Å². The van der Waals surface area contributed by atoms with Crippen molar-refractivity contribution < 1.29 is 14.4 Å². The number of carbonyl (C=O) groups excluding carboxylic acids is 1. The van der Waals surface area contributed by atoms with Gasteiger partial charge in [0.2, 0.25) is 0 Å². The SMILES string of the molecule is Cc1cccc(CN2CCCC(O)(CNCc3ccon3)C2=O)c1. The third kappa shape index (κ3) is 3.83. The van der Waals surface area contributed by atoms with E-state index in [1.54, 1.807) is 11.0 Å². The van der Waals surface area contributed by atoms with Crippen LogP contribution in [-0.4, -0.2) is 39.8 Å². The molecule has 0 aliphatic carbocycles. The molecule has 1 aliphatic heterocycles. The number of carbonyl (C=O) groups is 1. The molecule has 1 aromatic heterocycles. The van der Waals surface area contributed by atoms with Gasteiger partial charge in [-0.1, -0.05) is 35.0 Å². The van der Waals surface area contributed by atoms with E-state index >= 15 is 0 Å². The average Bonchev–Trinajstić information content (AvgIpc) is 3.06. The molecule has 0 spiro atoms. The number of aromatic nitrogens is 1. The lowest BCUT2D eigenvalue weighted by Gasteiger charge is -2.38. The highest BCUT2D eigenvalue weighted by molar-refractivity contribution is 5.86. The monoisotopic (exact) mass is 329 g/mol. The number of rotatable bonds is 6. The number of aryl methyl sites for hydroxylation is 1. The molecule has 1 saturated heterocycles. The van der Waals surface area contributed by atoms with Crippen LogP contribution in [0.2, 0.25) is 0 Å². The van der Waals surface area contributed by atoms with Crippen molar-refractivity contribution in [1.82, 2.24) is 15.4 Å². The quantitative estimate of drug-likeness (QED) is 0.842. The molecule has 1 unspecified atom stereocenters. The van der Waals surface area contributed by atoms with Gasteiger partial charge in [0.15, 0.2) is 5.60 Å². The van der Waals surface area contributed by atoms with E-state index in [4.69, 9.17) is 4.52 Å². The Labute approximate surface area is 141 Å². The lowest BCUT2D eigenvalue weighted by Crippen LogP contribution is -2.57. The second kappa shape index (κ2) is 7.15. The number of benzene rings is 1. The van der Waals surface area contributed by atoms with Crippen molar-refractivity contribution >= 4 is 5.91 Å². The molecule has 6 heteroatoms. The normalized spacial score (nSPS) is 21.2. The van der Waals surface area contributed by atoms with Crippen molar-refractivity contribution in [2.45, 2.75) is 38.5 Å². The summed E-state index contributed by atoms with van der Waals surface area (Å²) >= 11 is 0. The summed E-state index contributed by atoms with van der Waals surface area (Å²) in [5, 5.41) is 17.7. The molecule has 1 amide bonds. The lowest BCUT2D eigenvalue weighted by molar-refractivity contribution is -0.157. The van der Waals surface area contributed by atoms with Crippen LogP contribution in [0.15, 0.2) is 41.1 Å². The summed E-state index contributed by atoms with van der Waals surface area (Å²) in [4.78, 5) is 14.5. The molecule has 1 atom stereocenters. The van der Waals surface area contributed by atoms with E-state index in [2.05, 4.69) is 16.5 Å². The first-order valence-corrected chi connectivity index (χ1v) is 8.24. The predicted octanol–water partition coefficient (Wildman–Crippen LogP) is 1.63. The molecule has 24 heavy (non-hydrogen) atoms. The maximum Gasteiger partial charge on any atom is 0.256 e. The Balaban J connectivity index is 1.60. The maximum atomic E-state index is 12.7. The third-order valence-corrected chi connectivity index (χ3v) is 4.37. The standard InChI is InChI=1S/C18H23N3O3/c1-14-4-2-5-15(10-14)12-21-8-3-7-18(23,17(21)22)13-19-11-16-6-9-24-20-16/h2,4-6,9-10,19,23H,3,7-8,11-13H2,1H3. The number of aliphatic hydroxyl groups is 1. The minimum absolute atomic E-state index is 0.206. The summed E-state index contributed by atoms with van der Waals surface area (Å²) in [6.45, 7) is 3.92. The van der Waals surface area contributed by atoms with Crippen LogP contribution in [0.25, 0.3) is 0 Å². The van der Waals surface area contributed by atoms with Crippen molar-refractivity contribution in [2.24, 2.45) is 0 Å². The average molecular weight is 329 g/mol. The molecule has 0 bridgehead atoms. The van der Waals surface area contributed by atoms with Crippen LogP contribution in [0.5, 0.6) is 0 Å². The fourth-order valence-corrected chi connectivity index (χ4v) is 3.14. The van der Waals surface area contributed by atoms with Gasteiger partial charge in [0.25, 0.3) is 5.91 Å². The third-order valence-electron chi connectivity index (χ3n) is 4.37. The molecule has 1 aliphatic rings. The fourth-order valence-electron chi connectivity index (χ4n) is 3.14. The van der Waals surface area contributed by atoms with E-state index in [0.717, 1.165) is 17.7 Å². The Morgan fingerprint density at radius 2 is 2.29 bits per heavy atom. The predicted molar refractivity (Wildman–Crippen MR) is 89.0 cm³/mol. The number of hydrogen-bond donors (Lipinski definition) is 2. The van der Waals surface area contributed by atoms with Gasteiger partial charge in [-0.2, -0.15) is 0 Å². The Kier molecular flexibility index (Phi) is 4.97. The maximum absolute atomic E-state index is 12.7. The molecule has 2 heterocycles. The van der Waals surface area contributed by atoms with E-state index in [1.807, 2.05) is 25.1 Å². The highest BCUT2D eigenvalue weighted by Gasteiger charge is 2.41.